The molecule has 0 heterocycles. The first kappa shape index (κ1) is 14.0. The Morgan fingerprint density at radius 2 is 1.89 bits per heavy atom. The van der Waals surface area contributed by atoms with Gasteiger partial charge < -0.3 is 15.3 Å². The van der Waals surface area contributed by atoms with Gasteiger partial charge in [-0.15, -0.1) is 0 Å². The minimum absolute atomic E-state index is 0.201. The van der Waals surface area contributed by atoms with Gasteiger partial charge in [0.15, 0.2) is 0 Å². The molecule has 0 saturated carbocycles. The molecule has 0 fully saturated rings. The number of urea groups is 1. The number of hydrogen-bond acceptors (Lipinski definition) is 2. The van der Waals surface area contributed by atoms with Gasteiger partial charge in [-0.3, -0.25) is 0 Å². The molecule has 1 aromatic carbocycles. The Morgan fingerprint density at radius 1 is 1.28 bits per heavy atom. The largest absolute Gasteiger partial charge is 0.478 e. The smallest absolute Gasteiger partial charge is 0.336 e. The number of aromatic carboxylic acids is 1. The van der Waals surface area contributed by atoms with Crippen molar-refractivity contribution >= 4 is 17.7 Å². The lowest BCUT2D eigenvalue weighted by molar-refractivity contribution is 0.0696. The molecule has 0 aromatic heterocycles. The first-order valence-electron chi connectivity index (χ1n) is 5.89. The lowest BCUT2D eigenvalue weighted by Gasteiger charge is -2.19. The van der Waals surface area contributed by atoms with E-state index in [1.807, 2.05) is 13.8 Å². The van der Waals surface area contributed by atoms with Crippen LogP contribution in [0.4, 0.5) is 10.5 Å². The van der Waals surface area contributed by atoms with Crippen LogP contribution in [0.2, 0.25) is 0 Å². The zero-order chi connectivity index (χ0) is 13.7. The summed E-state index contributed by atoms with van der Waals surface area (Å²) in [6.45, 7) is 6.72. The summed E-state index contributed by atoms with van der Waals surface area (Å²) in [6.07, 6.45) is 0. The highest BCUT2D eigenvalue weighted by molar-refractivity contribution is 5.94. The Hall–Kier alpha value is -2.04. The summed E-state index contributed by atoms with van der Waals surface area (Å²) in [4.78, 5) is 24.4. The van der Waals surface area contributed by atoms with Crippen LogP contribution >= 0.6 is 0 Å². The third kappa shape index (κ3) is 3.23. The predicted octanol–water partition coefficient (Wildman–Crippen LogP) is 2.57. The van der Waals surface area contributed by atoms with Gasteiger partial charge in [0.2, 0.25) is 0 Å². The summed E-state index contributed by atoms with van der Waals surface area (Å²) in [6, 6.07) is 4.63. The first-order valence-corrected chi connectivity index (χ1v) is 5.89. The van der Waals surface area contributed by atoms with Gasteiger partial charge in [-0.1, -0.05) is 6.07 Å². The van der Waals surface area contributed by atoms with Crippen LogP contribution in [0.5, 0.6) is 0 Å². The topological polar surface area (TPSA) is 69.6 Å². The van der Waals surface area contributed by atoms with Crippen molar-refractivity contribution in [2.75, 3.05) is 18.4 Å². The quantitative estimate of drug-likeness (QED) is 0.862. The second-order valence-electron chi connectivity index (χ2n) is 3.94. The number of carboxylic acids is 1. The second-order valence-corrected chi connectivity index (χ2v) is 3.94. The molecule has 0 bridgehead atoms. The van der Waals surface area contributed by atoms with Crippen LogP contribution in [0.25, 0.3) is 0 Å². The third-order valence-electron chi connectivity index (χ3n) is 2.77. The predicted molar refractivity (Wildman–Crippen MR) is 70.1 cm³/mol. The first-order chi connectivity index (χ1) is 8.49. The number of carbonyl (C=O) groups excluding carboxylic acids is 1. The number of aryl methyl sites for hydroxylation is 1. The van der Waals surface area contributed by atoms with E-state index in [0.29, 0.717) is 24.3 Å². The van der Waals surface area contributed by atoms with Gasteiger partial charge in [0, 0.05) is 18.8 Å². The van der Waals surface area contributed by atoms with Crippen molar-refractivity contribution in [2.45, 2.75) is 20.8 Å². The van der Waals surface area contributed by atoms with E-state index in [0.717, 1.165) is 0 Å². The van der Waals surface area contributed by atoms with E-state index in [-0.39, 0.29) is 11.6 Å². The lowest BCUT2D eigenvalue weighted by atomic mass is 10.1. The third-order valence-corrected chi connectivity index (χ3v) is 2.77. The molecule has 0 aliphatic carbocycles. The number of anilines is 1. The molecule has 5 nitrogen and oxygen atoms in total. The molecule has 0 saturated heterocycles. The number of benzene rings is 1. The van der Waals surface area contributed by atoms with E-state index in [2.05, 4.69) is 5.32 Å². The Balaban J connectivity index is 2.89. The molecular formula is C13H18N2O3. The molecule has 1 aromatic rings. The molecule has 18 heavy (non-hydrogen) atoms. The molecule has 0 atom stereocenters. The van der Waals surface area contributed by atoms with Gasteiger partial charge in [0.25, 0.3) is 0 Å². The monoisotopic (exact) mass is 250 g/mol. The van der Waals surface area contributed by atoms with Crippen LogP contribution in [0.3, 0.4) is 0 Å². The summed E-state index contributed by atoms with van der Waals surface area (Å²) >= 11 is 0. The molecule has 0 unspecified atom stereocenters. The molecule has 1 rings (SSSR count). The molecule has 0 radical (unpaired) electrons. The minimum atomic E-state index is -0.994. The van der Waals surface area contributed by atoms with Crippen molar-refractivity contribution < 1.29 is 14.7 Å². The molecule has 98 valence electrons. The van der Waals surface area contributed by atoms with E-state index in [9.17, 15) is 9.59 Å². The lowest BCUT2D eigenvalue weighted by Crippen LogP contribution is -2.34. The number of nitrogens with zero attached hydrogens (tertiary/aromatic N) is 1. The van der Waals surface area contributed by atoms with Crippen molar-refractivity contribution in [3.05, 3.63) is 29.3 Å². The summed E-state index contributed by atoms with van der Waals surface area (Å²) in [5.74, 6) is -0.994. The number of rotatable bonds is 4. The molecule has 0 aliphatic heterocycles. The van der Waals surface area contributed by atoms with Crippen molar-refractivity contribution in [1.29, 1.82) is 0 Å². The zero-order valence-electron chi connectivity index (χ0n) is 10.9. The number of nitrogens with one attached hydrogen (secondary N) is 1. The summed E-state index contributed by atoms with van der Waals surface area (Å²) in [5, 5.41) is 11.7. The Labute approximate surface area is 106 Å². The highest BCUT2D eigenvalue weighted by Gasteiger charge is 2.12. The highest BCUT2D eigenvalue weighted by Crippen LogP contribution is 2.15. The Bertz CT molecular complexity index is 454. The van der Waals surface area contributed by atoms with E-state index in [1.165, 1.54) is 6.07 Å². The Morgan fingerprint density at radius 3 is 2.39 bits per heavy atom. The fourth-order valence-electron chi connectivity index (χ4n) is 1.64. The van der Waals surface area contributed by atoms with Crippen molar-refractivity contribution in [1.82, 2.24) is 4.90 Å². The van der Waals surface area contributed by atoms with E-state index in [4.69, 9.17) is 5.11 Å². The summed E-state index contributed by atoms with van der Waals surface area (Å²) in [7, 11) is 0. The van der Waals surface area contributed by atoms with Gasteiger partial charge in [0.05, 0.1) is 5.56 Å². The van der Waals surface area contributed by atoms with Crippen LogP contribution in [0.15, 0.2) is 18.2 Å². The number of amides is 2. The van der Waals surface area contributed by atoms with Crippen LogP contribution in [0, 0.1) is 6.92 Å². The van der Waals surface area contributed by atoms with Crippen molar-refractivity contribution in [3.8, 4) is 0 Å². The maximum Gasteiger partial charge on any atom is 0.336 e. The summed E-state index contributed by atoms with van der Waals surface area (Å²) < 4.78 is 0. The molecule has 2 amide bonds. The van der Waals surface area contributed by atoms with Gasteiger partial charge in [-0.05, 0) is 38.5 Å². The van der Waals surface area contributed by atoms with Crippen molar-refractivity contribution in [2.24, 2.45) is 0 Å². The average molecular weight is 250 g/mol. The highest BCUT2D eigenvalue weighted by atomic mass is 16.4. The molecule has 0 aliphatic rings. The summed E-state index contributed by atoms with van der Waals surface area (Å²) in [5.41, 5.74) is 1.37. The second kappa shape index (κ2) is 6.05. The van der Waals surface area contributed by atoms with E-state index >= 15 is 0 Å². The standard InChI is InChI=1S/C13H18N2O3/c1-4-15(5-2)13(18)14-10-7-6-9(3)11(8-10)12(16)17/h6-8H,4-5H2,1-3H3,(H,14,18)(H,16,17). The molecule has 2 N–H and O–H groups in total. The molecule has 5 heteroatoms. The van der Waals surface area contributed by atoms with Crippen LogP contribution < -0.4 is 5.32 Å². The molecule has 0 spiro atoms. The normalized spacial score (nSPS) is 9.94. The van der Waals surface area contributed by atoms with Gasteiger partial charge in [0.1, 0.15) is 0 Å². The van der Waals surface area contributed by atoms with Crippen LogP contribution in [0.1, 0.15) is 29.8 Å². The van der Waals surface area contributed by atoms with E-state index < -0.39 is 5.97 Å². The van der Waals surface area contributed by atoms with Crippen LogP contribution in [-0.2, 0) is 0 Å². The fraction of sp³-hybridized carbons (Fsp3) is 0.385. The minimum Gasteiger partial charge on any atom is -0.478 e. The van der Waals surface area contributed by atoms with Gasteiger partial charge in [-0.2, -0.15) is 0 Å². The average Bonchev–Trinajstić information content (AvgIpc) is 2.32. The SMILES string of the molecule is CCN(CC)C(=O)Nc1ccc(C)c(C(=O)O)c1. The van der Waals surface area contributed by atoms with Crippen LogP contribution in [-0.4, -0.2) is 35.1 Å². The fourth-order valence-corrected chi connectivity index (χ4v) is 1.64. The van der Waals surface area contributed by atoms with Gasteiger partial charge in [-0.25, -0.2) is 9.59 Å². The van der Waals surface area contributed by atoms with Gasteiger partial charge >= 0.3 is 12.0 Å². The van der Waals surface area contributed by atoms with E-state index in [1.54, 1.807) is 24.0 Å². The number of hydrogen-bond donors (Lipinski definition) is 2. The Kier molecular flexibility index (Phi) is 4.71. The number of carbonyl (C=O) groups is 2. The molecular weight excluding hydrogens is 232 g/mol. The maximum absolute atomic E-state index is 11.8. The van der Waals surface area contributed by atoms with Crippen molar-refractivity contribution in [3.63, 3.8) is 0 Å². The maximum atomic E-state index is 11.8. The number of carboxylic acid groups (broad SMARTS) is 1. The zero-order valence-corrected chi connectivity index (χ0v) is 10.9.